The number of nitrogens with zero attached hydrogens (tertiary/aromatic N) is 2. The summed E-state index contributed by atoms with van der Waals surface area (Å²) in [4.78, 5) is 24.2. The lowest BCUT2D eigenvalue weighted by Gasteiger charge is -2.17. The summed E-state index contributed by atoms with van der Waals surface area (Å²) in [5.41, 5.74) is 2.43. The highest BCUT2D eigenvalue weighted by Crippen LogP contribution is 2.48. The van der Waals surface area contributed by atoms with E-state index in [2.05, 4.69) is 36.4 Å². The molecule has 1 atom stereocenters. The SMILES string of the molecule is CC(C)(C)Cc1cc(-c2onc([C@@H](CCC(=O)[O-])CC(=O)Nc3ccc(Cl)cc3Cl)c2C2CC2)no1. The van der Waals surface area contributed by atoms with Gasteiger partial charge in [0.2, 0.25) is 5.91 Å². The van der Waals surface area contributed by atoms with Crippen LogP contribution in [0.5, 0.6) is 0 Å². The first-order chi connectivity index (χ1) is 17.0. The second kappa shape index (κ2) is 10.6. The molecule has 8 nitrogen and oxygen atoms in total. The van der Waals surface area contributed by atoms with E-state index in [1.807, 2.05) is 6.07 Å². The van der Waals surface area contributed by atoms with Gasteiger partial charge in [-0.25, -0.2) is 0 Å². The van der Waals surface area contributed by atoms with E-state index in [4.69, 9.17) is 32.2 Å². The molecular formula is C26H28Cl2N3O5-. The van der Waals surface area contributed by atoms with Crippen LogP contribution in [-0.4, -0.2) is 22.2 Å². The Labute approximate surface area is 219 Å². The van der Waals surface area contributed by atoms with Crippen molar-refractivity contribution in [2.75, 3.05) is 5.32 Å². The zero-order valence-corrected chi connectivity index (χ0v) is 21.9. The summed E-state index contributed by atoms with van der Waals surface area (Å²) in [6, 6.07) is 6.62. The molecule has 3 aromatic rings. The fraction of sp³-hybridized carbons (Fsp3) is 0.462. The van der Waals surface area contributed by atoms with Gasteiger partial charge in [-0.2, -0.15) is 0 Å². The molecule has 1 aromatic carbocycles. The van der Waals surface area contributed by atoms with E-state index in [0.717, 1.165) is 24.2 Å². The lowest BCUT2D eigenvalue weighted by Crippen LogP contribution is -2.24. The van der Waals surface area contributed by atoms with E-state index in [1.54, 1.807) is 12.1 Å². The van der Waals surface area contributed by atoms with Crippen molar-refractivity contribution in [3.8, 4) is 11.5 Å². The van der Waals surface area contributed by atoms with Gasteiger partial charge in [-0.1, -0.05) is 54.3 Å². The van der Waals surface area contributed by atoms with Gasteiger partial charge in [0.25, 0.3) is 0 Å². The van der Waals surface area contributed by atoms with Crippen molar-refractivity contribution in [1.29, 1.82) is 0 Å². The van der Waals surface area contributed by atoms with Crippen LogP contribution >= 0.6 is 23.2 Å². The number of carbonyl (C=O) groups excluding carboxylic acids is 2. The molecule has 1 saturated carbocycles. The van der Waals surface area contributed by atoms with Crippen LogP contribution in [0.15, 0.2) is 33.3 Å². The third-order valence-electron chi connectivity index (χ3n) is 5.96. The minimum Gasteiger partial charge on any atom is -0.550 e. The molecule has 0 aliphatic heterocycles. The average molecular weight is 533 g/mol. The van der Waals surface area contributed by atoms with E-state index >= 15 is 0 Å². The van der Waals surface area contributed by atoms with Gasteiger partial charge in [-0.3, -0.25) is 4.79 Å². The largest absolute Gasteiger partial charge is 0.550 e. The molecule has 1 fully saturated rings. The molecule has 0 radical (unpaired) electrons. The number of nitrogens with one attached hydrogen (secondary N) is 1. The molecule has 10 heteroatoms. The number of benzene rings is 1. The van der Waals surface area contributed by atoms with E-state index in [0.29, 0.717) is 39.3 Å². The van der Waals surface area contributed by atoms with Crippen LogP contribution in [0.1, 0.15) is 81.7 Å². The summed E-state index contributed by atoms with van der Waals surface area (Å²) in [6.45, 7) is 6.34. The van der Waals surface area contributed by atoms with Crippen LogP contribution in [0, 0.1) is 5.41 Å². The first kappa shape index (κ1) is 26.2. The van der Waals surface area contributed by atoms with Crippen molar-refractivity contribution in [3.63, 3.8) is 0 Å². The molecular weight excluding hydrogens is 505 g/mol. The maximum Gasteiger partial charge on any atom is 0.225 e. The highest BCUT2D eigenvalue weighted by Gasteiger charge is 2.37. The molecule has 2 heterocycles. The molecule has 1 aliphatic rings. The number of anilines is 1. The van der Waals surface area contributed by atoms with Crippen molar-refractivity contribution >= 4 is 40.8 Å². The van der Waals surface area contributed by atoms with Gasteiger partial charge in [-0.05, 0) is 55.2 Å². The highest BCUT2D eigenvalue weighted by molar-refractivity contribution is 6.36. The summed E-state index contributed by atoms with van der Waals surface area (Å²) in [5.74, 6) is -0.559. The van der Waals surface area contributed by atoms with Gasteiger partial charge in [0.15, 0.2) is 11.5 Å². The van der Waals surface area contributed by atoms with Crippen molar-refractivity contribution in [1.82, 2.24) is 10.3 Å². The Balaban J connectivity index is 1.60. The number of aliphatic carboxylic acids is 1. The molecule has 0 unspecified atom stereocenters. The predicted octanol–water partition coefficient (Wildman–Crippen LogP) is 5.74. The molecule has 1 N–H and O–H groups in total. The van der Waals surface area contributed by atoms with Crippen molar-refractivity contribution < 1.29 is 23.7 Å². The molecule has 0 bridgehead atoms. The van der Waals surface area contributed by atoms with E-state index in [9.17, 15) is 14.7 Å². The van der Waals surface area contributed by atoms with Gasteiger partial charge in [0.05, 0.1) is 16.4 Å². The Hall–Kier alpha value is -2.84. The maximum atomic E-state index is 12.9. The van der Waals surface area contributed by atoms with Gasteiger partial charge < -0.3 is 24.3 Å². The number of halogens is 2. The number of aromatic nitrogens is 2. The number of amides is 1. The maximum absolute atomic E-state index is 12.9. The van der Waals surface area contributed by atoms with Gasteiger partial charge in [0, 0.05) is 41.4 Å². The summed E-state index contributed by atoms with van der Waals surface area (Å²) in [6.07, 6.45) is 2.56. The first-order valence-corrected chi connectivity index (χ1v) is 12.7. The zero-order chi connectivity index (χ0) is 26.0. The first-order valence-electron chi connectivity index (χ1n) is 11.9. The van der Waals surface area contributed by atoms with Gasteiger partial charge >= 0.3 is 0 Å². The number of hydrogen-bond donors (Lipinski definition) is 1. The molecule has 1 aliphatic carbocycles. The average Bonchev–Trinajstić information content (AvgIpc) is 3.35. The Morgan fingerprint density at radius 3 is 2.56 bits per heavy atom. The van der Waals surface area contributed by atoms with Gasteiger partial charge in [0.1, 0.15) is 5.76 Å². The summed E-state index contributed by atoms with van der Waals surface area (Å²) < 4.78 is 11.3. The quantitative estimate of drug-likeness (QED) is 0.352. The molecule has 0 saturated heterocycles. The van der Waals surface area contributed by atoms with Crippen molar-refractivity contribution in [2.45, 2.75) is 71.1 Å². The molecule has 0 spiro atoms. The Morgan fingerprint density at radius 1 is 1.17 bits per heavy atom. The number of carboxylic acids is 1. The molecule has 192 valence electrons. The second-order valence-corrected chi connectivity index (χ2v) is 11.3. The van der Waals surface area contributed by atoms with Crippen LogP contribution in [0.4, 0.5) is 5.69 Å². The van der Waals surface area contributed by atoms with Gasteiger partial charge in [-0.15, -0.1) is 0 Å². The smallest absolute Gasteiger partial charge is 0.225 e. The lowest BCUT2D eigenvalue weighted by atomic mass is 9.89. The lowest BCUT2D eigenvalue weighted by molar-refractivity contribution is -0.305. The Kier molecular flexibility index (Phi) is 7.76. The van der Waals surface area contributed by atoms with Crippen molar-refractivity contribution in [3.05, 3.63) is 51.3 Å². The molecule has 2 aromatic heterocycles. The van der Waals surface area contributed by atoms with Crippen LogP contribution in [-0.2, 0) is 16.0 Å². The Bertz CT molecular complexity index is 1260. The summed E-state index contributed by atoms with van der Waals surface area (Å²) in [7, 11) is 0. The summed E-state index contributed by atoms with van der Waals surface area (Å²) in [5, 5.41) is 23.3. The van der Waals surface area contributed by atoms with Crippen molar-refractivity contribution in [2.24, 2.45) is 5.41 Å². The number of carbonyl (C=O) groups is 2. The monoisotopic (exact) mass is 532 g/mol. The fourth-order valence-corrected chi connectivity index (χ4v) is 4.68. The van der Waals surface area contributed by atoms with Crippen LogP contribution in [0.2, 0.25) is 10.0 Å². The molecule has 1 amide bonds. The minimum absolute atomic E-state index is 0.00792. The molecule has 36 heavy (non-hydrogen) atoms. The van der Waals surface area contributed by atoms with E-state index in [-0.39, 0.29) is 36.5 Å². The van der Waals surface area contributed by atoms with Crippen LogP contribution in [0.25, 0.3) is 11.5 Å². The third-order valence-corrected chi connectivity index (χ3v) is 6.51. The van der Waals surface area contributed by atoms with E-state index < -0.39 is 11.9 Å². The molecule has 4 rings (SSSR count). The van der Waals surface area contributed by atoms with Crippen LogP contribution < -0.4 is 10.4 Å². The topological polar surface area (TPSA) is 121 Å². The number of hydrogen-bond acceptors (Lipinski definition) is 7. The summed E-state index contributed by atoms with van der Waals surface area (Å²) >= 11 is 12.1. The standard InChI is InChI=1S/C26H29Cl2N3O5/c1-26(2,3)13-17-12-20(30-35-17)25-23(14-4-5-14)24(31-36-25)15(6-9-22(33)34)10-21(32)29-19-8-7-16(27)11-18(19)28/h7-8,11-12,14-15H,4-6,9-10,13H2,1-3H3,(H,29,32)(H,33,34)/p-1/t15-/m0/s1. The minimum atomic E-state index is -1.19. The number of rotatable bonds is 10. The number of carboxylic acid groups (broad SMARTS) is 1. The zero-order valence-electron chi connectivity index (χ0n) is 20.4. The van der Waals surface area contributed by atoms with Crippen LogP contribution in [0.3, 0.4) is 0 Å². The normalized spacial score (nSPS) is 14.6. The predicted molar refractivity (Wildman–Crippen MR) is 134 cm³/mol. The Morgan fingerprint density at radius 2 is 1.92 bits per heavy atom. The second-order valence-electron chi connectivity index (χ2n) is 10.5. The third kappa shape index (κ3) is 6.68. The fourth-order valence-electron chi connectivity index (χ4n) is 4.22. The van der Waals surface area contributed by atoms with E-state index in [1.165, 1.54) is 6.07 Å². The highest BCUT2D eigenvalue weighted by atomic mass is 35.5.